The molecule has 0 bridgehead atoms. The third kappa shape index (κ3) is 4.73. The normalized spacial score (nSPS) is 17.0. The largest absolute Gasteiger partial charge is 0.493 e. The van der Waals surface area contributed by atoms with Gasteiger partial charge in [0.15, 0.2) is 29.7 Å². The average molecular weight is 413 g/mol. The summed E-state index contributed by atoms with van der Waals surface area (Å²) in [6, 6.07) is 11.3. The highest BCUT2D eigenvalue weighted by atomic mass is 16.5. The van der Waals surface area contributed by atoms with Crippen LogP contribution in [0.2, 0.25) is 0 Å². The van der Waals surface area contributed by atoms with Gasteiger partial charge in [-0.1, -0.05) is 12.1 Å². The summed E-state index contributed by atoms with van der Waals surface area (Å²) in [6.45, 7) is 5.80. The van der Waals surface area contributed by atoms with E-state index in [9.17, 15) is 4.79 Å². The van der Waals surface area contributed by atoms with Crippen LogP contribution in [0.15, 0.2) is 36.4 Å². The zero-order valence-corrected chi connectivity index (χ0v) is 17.2. The second kappa shape index (κ2) is 9.62. The first-order chi connectivity index (χ1) is 14.7. The van der Waals surface area contributed by atoms with Crippen molar-refractivity contribution in [1.29, 1.82) is 0 Å². The van der Waals surface area contributed by atoms with E-state index in [0.29, 0.717) is 37.7 Å². The van der Waals surface area contributed by atoms with Crippen LogP contribution in [0, 0.1) is 0 Å². The number of amides is 1. The molecule has 0 unspecified atom stereocenters. The fourth-order valence-electron chi connectivity index (χ4n) is 3.60. The van der Waals surface area contributed by atoms with Crippen molar-refractivity contribution in [2.24, 2.45) is 0 Å². The summed E-state index contributed by atoms with van der Waals surface area (Å²) in [7, 11) is 1.58. The standard InChI is InChI=1S/C21H27N5O4/c1-28-17-4-2-3-5-18(17)30-16-21(27)26-10-8-24(9-11-26)19-6-7-20(23-22-19)25-12-14-29-15-13-25/h2-7H,8-16H2,1H3. The van der Waals surface area contributed by atoms with Gasteiger partial charge in [0.2, 0.25) is 0 Å². The fourth-order valence-corrected chi connectivity index (χ4v) is 3.60. The monoisotopic (exact) mass is 413 g/mol. The highest BCUT2D eigenvalue weighted by molar-refractivity contribution is 5.78. The third-order valence-corrected chi connectivity index (χ3v) is 5.35. The Kier molecular flexibility index (Phi) is 6.48. The quantitative estimate of drug-likeness (QED) is 0.695. The number of piperazine rings is 1. The highest BCUT2D eigenvalue weighted by Gasteiger charge is 2.23. The van der Waals surface area contributed by atoms with Gasteiger partial charge in [-0.25, -0.2) is 0 Å². The van der Waals surface area contributed by atoms with Gasteiger partial charge in [0.05, 0.1) is 20.3 Å². The molecule has 1 aromatic carbocycles. The molecule has 1 aromatic heterocycles. The van der Waals surface area contributed by atoms with Gasteiger partial charge in [0, 0.05) is 39.3 Å². The Morgan fingerprint density at radius 3 is 2.10 bits per heavy atom. The Labute approximate surface area is 176 Å². The summed E-state index contributed by atoms with van der Waals surface area (Å²) in [5.74, 6) is 2.87. The van der Waals surface area contributed by atoms with Gasteiger partial charge in [-0.3, -0.25) is 4.79 Å². The summed E-state index contributed by atoms with van der Waals surface area (Å²) in [5, 5.41) is 8.77. The number of benzene rings is 1. The van der Waals surface area contributed by atoms with Crippen LogP contribution >= 0.6 is 0 Å². The van der Waals surface area contributed by atoms with Crippen molar-refractivity contribution in [3.8, 4) is 11.5 Å². The minimum Gasteiger partial charge on any atom is -0.493 e. The van der Waals surface area contributed by atoms with Gasteiger partial charge >= 0.3 is 0 Å². The van der Waals surface area contributed by atoms with Crippen LogP contribution in [0.4, 0.5) is 11.6 Å². The van der Waals surface area contributed by atoms with Gasteiger partial charge in [-0.2, -0.15) is 0 Å². The van der Waals surface area contributed by atoms with Gasteiger partial charge in [-0.15, -0.1) is 10.2 Å². The number of nitrogens with zero attached hydrogens (tertiary/aromatic N) is 5. The Hall–Kier alpha value is -3.07. The molecule has 0 spiro atoms. The smallest absolute Gasteiger partial charge is 0.260 e. The molecule has 2 aliphatic rings. The van der Waals surface area contributed by atoms with Gasteiger partial charge in [-0.05, 0) is 24.3 Å². The van der Waals surface area contributed by atoms with Crippen LogP contribution in [-0.4, -0.2) is 87.2 Å². The molecule has 0 saturated carbocycles. The van der Waals surface area contributed by atoms with E-state index in [1.54, 1.807) is 13.2 Å². The minimum atomic E-state index is -0.0331. The molecule has 2 aliphatic heterocycles. The first-order valence-corrected chi connectivity index (χ1v) is 10.2. The van der Waals surface area contributed by atoms with E-state index in [1.165, 1.54) is 0 Å². The maximum absolute atomic E-state index is 12.5. The zero-order valence-electron chi connectivity index (χ0n) is 17.2. The Balaban J connectivity index is 1.26. The molecule has 3 heterocycles. The number of para-hydroxylation sites is 2. The van der Waals surface area contributed by atoms with E-state index < -0.39 is 0 Å². The molecule has 1 amide bonds. The van der Waals surface area contributed by atoms with Crippen molar-refractivity contribution in [1.82, 2.24) is 15.1 Å². The highest BCUT2D eigenvalue weighted by Crippen LogP contribution is 2.25. The second-order valence-corrected chi connectivity index (χ2v) is 7.16. The molecule has 9 heteroatoms. The van der Waals surface area contributed by atoms with Crippen molar-refractivity contribution >= 4 is 17.5 Å². The van der Waals surface area contributed by atoms with Crippen molar-refractivity contribution in [3.05, 3.63) is 36.4 Å². The SMILES string of the molecule is COc1ccccc1OCC(=O)N1CCN(c2ccc(N3CCOCC3)nn2)CC1. The van der Waals surface area contributed by atoms with Crippen LogP contribution in [0.25, 0.3) is 0 Å². The predicted octanol–water partition coefficient (Wildman–Crippen LogP) is 1.05. The van der Waals surface area contributed by atoms with Crippen LogP contribution in [0.5, 0.6) is 11.5 Å². The maximum Gasteiger partial charge on any atom is 0.260 e. The van der Waals surface area contributed by atoms with E-state index in [1.807, 2.05) is 35.2 Å². The molecule has 9 nitrogen and oxygen atoms in total. The van der Waals surface area contributed by atoms with Crippen molar-refractivity contribution in [2.75, 3.05) is 76.0 Å². The summed E-state index contributed by atoms with van der Waals surface area (Å²) in [6.07, 6.45) is 0. The summed E-state index contributed by atoms with van der Waals surface area (Å²) in [5.41, 5.74) is 0. The molecule has 2 fully saturated rings. The molecule has 2 aromatic rings. The zero-order chi connectivity index (χ0) is 20.8. The fraction of sp³-hybridized carbons (Fsp3) is 0.476. The summed E-state index contributed by atoms with van der Waals surface area (Å²) >= 11 is 0. The Morgan fingerprint density at radius 2 is 1.50 bits per heavy atom. The number of morpholine rings is 1. The van der Waals surface area contributed by atoms with E-state index >= 15 is 0 Å². The van der Waals surface area contributed by atoms with Crippen LogP contribution in [0.3, 0.4) is 0 Å². The predicted molar refractivity (Wildman–Crippen MR) is 112 cm³/mol. The van der Waals surface area contributed by atoms with Crippen LogP contribution in [0.1, 0.15) is 0 Å². The molecular weight excluding hydrogens is 386 g/mol. The number of hydrogen-bond acceptors (Lipinski definition) is 8. The van der Waals surface area contributed by atoms with Gasteiger partial charge in [0.25, 0.3) is 5.91 Å². The summed E-state index contributed by atoms with van der Waals surface area (Å²) < 4.78 is 16.3. The first-order valence-electron chi connectivity index (χ1n) is 10.2. The molecular formula is C21H27N5O4. The van der Waals surface area contributed by atoms with E-state index in [0.717, 1.165) is 37.9 Å². The molecule has 4 rings (SSSR count). The molecule has 160 valence electrons. The maximum atomic E-state index is 12.5. The first kappa shape index (κ1) is 20.2. The topological polar surface area (TPSA) is 80.3 Å². The van der Waals surface area contributed by atoms with Crippen LogP contribution < -0.4 is 19.3 Å². The number of carbonyl (C=O) groups excluding carboxylic acids is 1. The molecule has 2 saturated heterocycles. The molecule has 0 N–H and O–H groups in total. The summed E-state index contributed by atoms with van der Waals surface area (Å²) in [4.78, 5) is 18.7. The number of ether oxygens (including phenoxy) is 3. The number of anilines is 2. The van der Waals surface area contributed by atoms with Gasteiger partial charge in [0.1, 0.15) is 0 Å². The lowest BCUT2D eigenvalue weighted by Crippen LogP contribution is -2.50. The number of aromatic nitrogens is 2. The van der Waals surface area contributed by atoms with Crippen LogP contribution in [-0.2, 0) is 9.53 Å². The lowest BCUT2D eigenvalue weighted by Gasteiger charge is -2.35. The van der Waals surface area contributed by atoms with Crippen molar-refractivity contribution < 1.29 is 19.0 Å². The third-order valence-electron chi connectivity index (χ3n) is 5.35. The lowest BCUT2D eigenvalue weighted by molar-refractivity contribution is -0.133. The number of carbonyl (C=O) groups is 1. The van der Waals surface area contributed by atoms with Gasteiger partial charge < -0.3 is 28.9 Å². The van der Waals surface area contributed by atoms with E-state index in [2.05, 4.69) is 20.0 Å². The second-order valence-electron chi connectivity index (χ2n) is 7.16. The molecule has 0 radical (unpaired) electrons. The Bertz CT molecular complexity index is 834. The number of hydrogen-bond donors (Lipinski definition) is 0. The lowest BCUT2D eigenvalue weighted by atomic mass is 10.3. The van der Waals surface area contributed by atoms with Crippen molar-refractivity contribution in [3.63, 3.8) is 0 Å². The average Bonchev–Trinajstić information content (AvgIpc) is 2.83. The molecule has 0 aliphatic carbocycles. The minimum absolute atomic E-state index is 0.00553. The molecule has 0 atom stereocenters. The van der Waals surface area contributed by atoms with Crippen molar-refractivity contribution in [2.45, 2.75) is 0 Å². The number of rotatable bonds is 6. The Morgan fingerprint density at radius 1 is 0.900 bits per heavy atom. The number of methoxy groups -OCH3 is 1. The molecule has 30 heavy (non-hydrogen) atoms. The van der Waals surface area contributed by atoms with E-state index in [-0.39, 0.29) is 12.5 Å². The van der Waals surface area contributed by atoms with E-state index in [4.69, 9.17) is 14.2 Å².